The summed E-state index contributed by atoms with van der Waals surface area (Å²) < 4.78 is 2.04. The Morgan fingerprint density at radius 3 is 2.42 bits per heavy atom. The number of halogens is 2. The van der Waals surface area contributed by atoms with Crippen molar-refractivity contribution >= 4 is 46.1 Å². The van der Waals surface area contributed by atoms with Crippen molar-refractivity contribution in [2.45, 2.75) is 0 Å². The van der Waals surface area contributed by atoms with Gasteiger partial charge in [0.25, 0.3) is 5.91 Å². The number of aromatic nitrogens is 3. The van der Waals surface area contributed by atoms with Gasteiger partial charge >= 0.3 is 0 Å². The van der Waals surface area contributed by atoms with E-state index in [-0.39, 0.29) is 5.91 Å². The van der Waals surface area contributed by atoms with Gasteiger partial charge in [-0.15, -0.1) is 0 Å². The molecule has 0 spiro atoms. The zero-order valence-electron chi connectivity index (χ0n) is 14.2. The van der Waals surface area contributed by atoms with Crippen molar-refractivity contribution in [3.8, 4) is 0 Å². The number of hydrogen-bond donors (Lipinski definition) is 0. The molecule has 0 unspecified atom stereocenters. The third-order valence-electron chi connectivity index (χ3n) is 4.62. The zero-order chi connectivity index (χ0) is 18.3. The summed E-state index contributed by atoms with van der Waals surface area (Å²) in [5.41, 5.74) is 2.43. The molecule has 26 heavy (non-hydrogen) atoms. The van der Waals surface area contributed by atoms with Gasteiger partial charge in [0.15, 0.2) is 0 Å². The Hall–Kier alpha value is -2.31. The molecule has 1 aliphatic rings. The molecule has 0 saturated carbocycles. The van der Waals surface area contributed by atoms with Crippen LogP contribution in [0.2, 0.25) is 10.0 Å². The van der Waals surface area contributed by atoms with Crippen molar-refractivity contribution in [3.05, 3.63) is 52.3 Å². The maximum atomic E-state index is 12.7. The lowest BCUT2D eigenvalue weighted by Gasteiger charge is -2.35. The van der Waals surface area contributed by atoms with E-state index in [4.69, 9.17) is 28.2 Å². The highest BCUT2D eigenvalue weighted by Gasteiger charge is 2.25. The molecule has 3 aromatic rings. The molecule has 1 saturated heterocycles. The van der Waals surface area contributed by atoms with Crippen molar-refractivity contribution in [2.75, 3.05) is 31.1 Å². The molecule has 0 atom stereocenters. The van der Waals surface area contributed by atoms with Gasteiger partial charge in [0.05, 0.1) is 17.2 Å². The van der Waals surface area contributed by atoms with Crippen molar-refractivity contribution in [1.29, 1.82) is 0 Å². The van der Waals surface area contributed by atoms with Crippen LogP contribution in [0.1, 0.15) is 10.4 Å². The summed E-state index contributed by atoms with van der Waals surface area (Å²) in [5, 5.41) is 0.931. The highest BCUT2D eigenvalue weighted by atomic mass is 35.5. The van der Waals surface area contributed by atoms with E-state index in [1.807, 2.05) is 28.8 Å². The molecule has 2 aromatic heterocycles. The summed E-state index contributed by atoms with van der Waals surface area (Å²) in [5.74, 6) is 0.842. The van der Waals surface area contributed by atoms with Crippen molar-refractivity contribution in [1.82, 2.24) is 19.4 Å². The first-order chi connectivity index (χ1) is 12.5. The lowest BCUT2D eigenvalue weighted by atomic mass is 10.2. The van der Waals surface area contributed by atoms with Gasteiger partial charge in [0, 0.05) is 55.0 Å². The van der Waals surface area contributed by atoms with E-state index in [1.165, 1.54) is 0 Å². The number of nitrogens with zero attached hydrogens (tertiary/aromatic N) is 5. The third kappa shape index (κ3) is 3.10. The van der Waals surface area contributed by atoms with Gasteiger partial charge in [-0.25, -0.2) is 4.98 Å². The second-order valence-corrected chi connectivity index (χ2v) is 7.15. The topological polar surface area (TPSA) is 54.3 Å². The Bertz CT molecular complexity index is 959. The fourth-order valence-electron chi connectivity index (χ4n) is 3.27. The maximum Gasteiger partial charge on any atom is 0.254 e. The SMILES string of the molecule is Cn1c(N2CCN(C(=O)c3cc(Cl)cc(Cl)c3)CC2)nc2ccncc21. The minimum atomic E-state index is -0.0525. The minimum Gasteiger partial charge on any atom is -0.339 e. The fraction of sp³-hybridized carbons (Fsp3) is 0.278. The molecule has 8 heteroatoms. The highest BCUT2D eigenvalue weighted by molar-refractivity contribution is 6.35. The van der Waals surface area contributed by atoms with Crippen LogP contribution in [0.3, 0.4) is 0 Å². The minimum absolute atomic E-state index is 0.0525. The van der Waals surface area contributed by atoms with Crippen LogP contribution in [-0.4, -0.2) is 51.5 Å². The van der Waals surface area contributed by atoms with Crippen molar-refractivity contribution in [3.63, 3.8) is 0 Å². The zero-order valence-corrected chi connectivity index (χ0v) is 15.7. The van der Waals surface area contributed by atoms with Crippen LogP contribution in [0, 0.1) is 0 Å². The van der Waals surface area contributed by atoms with Gasteiger partial charge in [-0.3, -0.25) is 9.78 Å². The molecule has 1 aliphatic heterocycles. The molecular weight excluding hydrogens is 373 g/mol. The number of carbonyl (C=O) groups is 1. The number of imidazole rings is 1. The van der Waals surface area contributed by atoms with E-state index in [0.29, 0.717) is 41.8 Å². The predicted octanol–water partition coefficient (Wildman–Crippen LogP) is 3.24. The van der Waals surface area contributed by atoms with Gasteiger partial charge in [-0.2, -0.15) is 0 Å². The van der Waals surface area contributed by atoms with Crippen LogP contribution in [0.4, 0.5) is 5.95 Å². The summed E-state index contributed by atoms with van der Waals surface area (Å²) in [6, 6.07) is 6.83. The van der Waals surface area contributed by atoms with E-state index < -0.39 is 0 Å². The lowest BCUT2D eigenvalue weighted by Crippen LogP contribution is -2.49. The summed E-state index contributed by atoms with van der Waals surface area (Å²) in [6.07, 6.45) is 3.56. The Morgan fingerprint density at radius 1 is 1.08 bits per heavy atom. The molecular formula is C18H17Cl2N5O. The van der Waals surface area contributed by atoms with Crippen LogP contribution < -0.4 is 4.90 Å². The first kappa shape index (κ1) is 17.1. The van der Waals surface area contributed by atoms with Gasteiger partial charge in [-0.05, 0) is 24.3 Å². The molecule has 0 aliphatic carbocycles. The molecule has 0 bridgehead atoms. The first-order valence-electron chi connectivity index (χ1n) is 8.29. The molecule has 3 heterocycles. The molecule has 1 amide bonds. The van der Waals surface area contributed by atoms with E-state index in [1.54, 1.807) is 24.4 Å². The van der Waals surface area contributed by atoms with E-state index in [9.17, 15) is 4.79 Å². The Kier molecular flexibility index (Phi) is 4.46. The molecule has 0 N–H and O–H groups in total. The van der Waals surface area contributed by atoms with E-state index in [2.05, 4.69) is 9.88 Å². The molecule has 1 fully saturated rings. The van der Waals surface area contributed by atoms with Gasteiger partial charge in [0.1, 0.15) is 0 Å². The number of anilines is 1. The average molecular weight is 390 g/mol. The number of benzene rings is 1. The van der Waals surface area contributed by atoms with Crippen molar-refractivity contribution in [2.24, 2.45) is 7.05 Å². The predicted molar refractivity (Wildman–Crippen MR) is 103 cm³/mol. The van der Waals surface area contributed by atoms with Crippen LogP contribution >= 0.6 is 23.2 Å². The molecule has 134 valence electrons. The van der Waals surface area contributed by atoms with Crippen LogP contribution in [0.5, 0.6) is 0 Å². The number of carbonyl (C=O) groups excluding carboxylic acids is 1. The Balaban J connectivity index is 1.50. The summed E-state index contributed by atoms with van der Waals surface area (Å²) >= 11 is 12.0. The van der Waals surface area contributed by atoms with E-state index >= 15 is 0 Å². The average Bonchev–Trinajstić information content (AvgIpc) is 2.97. The van der Waals surface area contributed by atoms with E-state index in [0.717, 1.165) is 17.0 Å². The first-order valence-corrected chi connectivity index (χ1v) is 9.05. The number of aryl methyl sites for hydroxylation is 1. The quantitative estimate of drug-likeness (QED) is 0.674. The largest absolute Gasteiger partial charge is 0.339 e. The highest BCUT2D eigenvalue weighted by Crippen LogP contribution is 2.23. The number of piperazine rings is 1. The number of hydrogen-bond acceptors (Lipinski definition) is 4. The third-order valence-corrected chi connectivity index (χ3v) is 5.06. The summed E-state index contributed by atoms with van der Waals surface area (Å²) in [7, 11) is 1.98. The van der Waals surface area contributed by atoms with Crippen LogP contribution in [0.25, 0.3) is 11.0 Å². The number of fused-ring (bicyclic) bond motifs is 1. The summed E-state index contributed by atoms with van der Waals surface area (Å²) in [6.45, 7) is 2.66. The van der Waals surface area contributed by atoms with Gasteiger partial charge in [-0.1, -0.05) is 23.2 Å². The molecule has 4 rings (SSSR count). The second kappa shape index (κ2) is 6.78. The number of rotatable bonds is 2. The lowest BCUT2D eigenvalue weighted by molar-refractivity contribution is 0.0746. The van der Waals surface area contributed by atoms with Crippen LogP contribution in [0.15, 0.2) is 36.7 Å². The molecule has 0 radical (unpaired) electrons. The fourth-order valence-corrected chi connectivity index (χ4v) is 3.80. The summed E-state index contributed by atoms with van der Waals surface area (Å²) in [4.78, 5) is 25.6. The maximum absolute atomic E-state index is 12.7. The van der Waals surface area contributed by atoms with Gasteiger partial charge < -0.3 is 14.4 Å². The smallest absolute Gasteiger partial charge is 0.254 e. The Labute approximate surface area is 161 Å². The second-order valence-electron chi connectivity index (χ2n) is 6.27. The number of amides is 1. The molecule has 6 nitrogen and oxygen atoms in total. The number of pyridine rings is 1. The molecule has 1 aromatic carbocycles. The normalized spacial score (nSPS) is 14.9. The van der Waals surface area contributed by atoms with Crippen LogP contribution in [-0.2, 0) is 7.05 Å². The van der Waals surface area contributed by atoms with Gasteiger partial charge in [0.2, 0.25) is 5.95 Å². The monoisotopic (exact) mass is 389 g/mol. The Morgan fingerprint density at radius 2 is 1.77 bits per heavy atom. The standard InChI is InChI=1S/C18H17Cl2N5O/c1-23-16-11-21-3-2-15(16)22-18(23)25-6-4-24(5-7-25)17(26)12-8-13(19)10-14(20)9-12/h2-3,8-11H,4-7H2,1H3. The van der Waals surface area contributed by atoms with Crippen molar-refractivity contribution < 1.29 is 4.79 Å².